The van der Waals surface area contributed by atoms with E-state index < -0.39 is 0 Å². The van der Waals surface area contributed by atoms with Crippen LogP contribution in [0.5, 0.6) is 0 Å². The van der Waals surface area contributed by atoms with Gasteiger partial charge in [0.25, 0.3) is 5.91 Å². The van der Waals surface area contributed by atoms with Crippen molar-refractivity contribution in [3.63, 3.8) is 0 Å². The molecule has 2 aromatic rings. The van der Waals surface area contributed by atoms with Gasteiger partial charge < -0.3 is 20.4 Å². The summed E-state index contributed by atoms with van der Waals surface area (Å²) in [5, 5.41) is 0. The standard InChI is InChI=1S/C20H25FN6O/c1-12-13(2)23-18(24-19(12)26-7-6-15(22)11-26)20(28)27-9-8-25(3)17-10-14(21)4-5-16(17)27/h4-5,10,15H,6-9,11,22H2,1-3H3/t15-/m1/s1. The molecule has 4 rings (SSSR count). The molecule has 0 bridgehead atoms. The predicted octanol–water partition coefficient (Wildman–Crippen LogP) is 1.87. The summed E-state index contributed by atoms with van der Waals surface area (Å²) in [5.74, 6) is 0.347. The number of hydrogen-bond donors (Lipinski definition) is 1. The van der Waals surface area contributed by atoms with Crippen molar-refractivity contribution in [3.8, 4) is 0 Å². The summed E-state index contributed by atoms with van der Waals surface area (Å²) in [6.45, 7) is 6.51. The molecule has 8 heteroatoms. The molecular formula is C20H25FN6O. The van der Waals surface area contributed by atoms with Crippen LogP contribution in [0.15, 0.2) is 18.2 Å². The summed E-state index contributed by atoms with van der Waals surface area (Å²) in [7, 11) is 1.89. The van der Waals surface area contributed by atoms with E-state index in [-0.39, 0.29) is 23.6 Å². The maximum atomic E-state index is 13.7. The number of carbonyl (C=O) groups excluding carboxylic acids is 1. The van der Waals surface area contributed by atoms with Crippen molar-refractivity contribution in [1.29, 1.82) is 0 Å². The number of carbonyl (C=O) groups is 1. The van der Waals surface area contributed by atoms with Gasteiger partial charge in [0.1, 0.15) is 11.6 Å². The Morgan fingerprint density at radius 3 is 2.68 bits per heavy atom. The summed E-state index contributed by atoms with van der Waals surface area (Å²) >= 11 is 0. The third-order valence-corrected chi connectivity index (χ3v) is 5.62. The Balaban J connectivity index is 1.71. The lowest BCUT2D eigenvalue weighted by molar-refractivity contribution is 0.0976. The lowest BCUT2D eigenvalue weighted by Gasteiger charge is -2.35. The second-order valence-electron chi connectivity index (χ2n) is 7.59. The van der Waals surface area contributed by atoms with Crippen molar-refractivity contribution >= 4 is 23.1 Å². The number of anilines is 3. The Labute approximate surface area is 164 Å². The highest BCUT2D eigenvalue weighted by atomic mass is 19.1. The molecular weight excluding hydrogens is 359 g/mol. The van der Waals surface area contributed by atoms with E-state index in [1.54, 1.807) is 11.0 Å². The van der Waals surface area contributed by atoms with Gasteiger partial charge in [0, 0.05) is 50.5 Å². The lowest BCUT2D eigenvalue weighted by Crippen LogP contribution is -2.43. The van der Waals surface area contributed by atoms with Crippen molar-refractivity contribution < 1.29 is 9.18 Å². The van der Waals surface area contributed by atoms with Gasteiger partial charge in [0.2, 0.25) is 5.82 Å². The van der Waals surface area contributed by atoms with E-state index in [0.717, 1.165) is 36.6 Å². The third kappa shape index (κ3) is 3.17. The molecule has 1 amide bonds. The summed E-state index contributed by atoms with van der Waals surface area (Å²) in [6.07, 6.45) is 0.906. The number of nitrogens with zero attached hydrogens (tertiary/aromatic N) is 5. The lowest BCUT2D eigenvalue weighted by atomic mass is 10.1. The fourth-order valence-electron chi connectivity index (χ4n) is 3.85. The smallest absolute Gasteiger partial charge is 0.296 e. The second-order valence-corrected chi connectivity index (χ2v) is 7.59. The second kappa shape index (κ2) is 7.01. The van der Waals surface area contributed by atoms with Gasteiger partial charge in [-0.2, -0.15) is 0 Å². The molecule has 28 heavy (non-hydrogen) atoms. The number of likely N-dealkylation sites (N-methyl/N-ethyl adjacent to an activating group) is 1. The van der Waals surface area contributed by atoms with Crippen LogP contribution in [0.3, 0.4) is 0 Å². The number of aryl methyl sites for hydroxylation is 1. The van der Waals surface area contributed by atoms with E-state index in [4.69, 9.17) is 5.73 Å². The van der Waals surface area contributed by atoms with Crippen LogP contribution in [-0.4, -0.2) is 55.1 Å². The van der Waals surface area contributed by atoms with Gasteiger partial charge in [-0.3, -0.25) is 4.79 Å². The Morgan fingerprint density at radius 1 is 1.18 bits per heavy atom. The van der Waals surface area contributed by atoms with Crippen LogP contribution < -0.4 is 20.4 Å². The van der Waals surface area contributed by atoms with Crippen LogP contribution in [0.4, 0.5) is 21.6 Å². The molecule has 0 aliphatic carbocycles. The number of nitrogens with two attached hydrogens (primary N) is 1. The average Bonchev–Trinajstić information content (AvgIpc) is 3.10. The number of hydrogen-bond acceptors (Lipinski definition) is 6. The molecule has 1 fully saturated rings. The maximum absolute atomic E-state index is 13.7. The predicted molar refractivity (Wildman–Crippen MR) is 108 cm³/mol. The highest BCUT2D eigenvalue weighted by Crippen LogP contribution is 2.34. The third-order valence-electron chi connectivity index (χ3n) is 5.62. The Morgan fingerprint density at radius 2 is 1.96 bits per heavy atom. The van der Waals surface area contributed by atoms with Gasteiger partial charge in [0.15, 0.2) is 0 Å². The molecule has 2 N–H and O–H groups in total. The van der Waals surface area contributed by atoms with Crippen molar-refractivity contribution in [3.05, 3.63) is 41.1 Å². The van der Waals surface area contributed by atoms with Crippen LogP contribution in [0.1, 0.15) is 28.3 Å². The Bertz CT molecular complexity index is 933. The zero-order valence-corrected chi connectivity index (χ0v) is 16.4. The highest BCUT2D eigenvalue weighted by molar-refractivity contribution is 6.06. The number of benzene rings is 1. The average molecular weight is 384 g/mol. The fraction of sp³-hybridized carbons (Fsp3) is 0.450. The van der Waals surface area contributed by atoms with Crippen molar-refractivity contribution in [2.45, 2.75) is 26.3 Å². The van der Waals surface area contributed by atoms with E-state index in [1.165, 1.54) is 12.1 Å². The number of aromatic nitrogens is 2. The van der Waals surface area contributed by atoms with E-state index in [9.17, 15) is 9.18 Å². The molecule has 0 spiro atoms. The molecule has 1 saturated heterocycles. The minimum absolute atomic E-state index is 0.119. The molecule has 2 aliphatic heterocycles. The fourth-order valence-corrected chi connectivity index (χ4v) is 3.85. The Kier molecular flexibility index (Phi) is 4.66. The molecule has 0 saturated carbocycles. The van der Waals surface area contributed by atoms with Crippen molar-refractivity contribution in [2.24, 2.45) is 5.73 Å². The molecule has 3 heterocycles. The molecule has 1 aromatic heterocycles. The minimum atomic E-state index is -0.324. The van der Waals surface area contributed by atoms with E-state index in [0.29, 0.717) is 24.5 Å². The highest BCUT2D eigenvalue weighted by Gasteiger charge is 2.30. The van der Waals surface area contributed by atoms with E-state index in [2.05, 4.69) is 14.9 Å². The van der Waals surface area contributed by atoms with E-state index >= 15 is 0 Å². The normalized spacial score (nSPS) is 19.2. The van der Waals surface area contributed by atoms with Gasteiger partial charge in [-0.15, -0.1) is 0 Å². The zero-order chi connectivity index (χ0) is 20.0. The first-order chi connectivity index (χ1) is 13.3. The first-order valence-electron chi connectivity index (χ1n) is 9.53. The molecule has 2 aliphatic rings. The number of rotatable bonds is 2. The molecule has 148 valence electrons. The number of halogens is 1. The summed E-state index contributed by atoms with van der Waals surface area (Å²) < 4.78 is 13.7. The quantitative estimate of drug-likeness (QED) is 0.852. The number of amides is 1. The molecule has 1 atom stereocenters. The summed E-state index contributed by atoms with van der Waals surface area (Å²) in [6, 6.07) is 4.58. The van der Waals surface area contributed by atoms with Crippen molar-refractivity contribution in [2.75, 3.05) is 47.9 Å². The largest absolute Gasteiger partial charge is 0.371 e. The first-order valence-corrected chi connectivity index (χ1v) is 9.53. The van der Waals surface area contributed by atoms with Crippen LogP contribution >= 0.6 is 0 Å². The van der Waals surface area contributed by atoms with Gasteiger partial charge in [0.05, 0.1) is 11.4 Å². The van der Waals surface area contributed by atoms with Gasteiger partial charge in [-0.05, 0) is 38.5 Å². The van der Waals surface area contributed by atoms with Crippen LogP contribution in [0.2, 0.25) is 0 Å². The summed E-state index contributed by atoms with van der Waals surface area (Å²) in [4.78, 5) is 28.1. The summed E-state index contributed by atoms with van der Waals surface area (Å²) in [5.41, 5.74) is 9.15. The van der Waals surface area contributed by atoms with Gasteiger partial charge in [-0.1, -0.05) is 0 Å². The van der Waals surface area contributed by atoms with Gasteiger partial charge in [-0.25, -0.2) is 14.4 Å². The molecule has 7 nitrogen and oxygen atoms in total. The Hall–Kier alpha value is -2.74. The SMILES string of the molecule is Cc1nc(C(=O)N2CCN(C)c3cc(F)ccc32)nc(N2CC[C@@H](N)C2)c1C. The first kappa shape index (κ1) is 18.6. The topological polar surface area (TPSA) is 78.6 Å². The van der Waals surface area contributed by atoms with Crippen molar-refractivity contribution in [1.82, 2.24) is 9.97 Å². The van der Waals surface area contributed by atoms with E-state index in [1.807, 2.05) is 25.8 Å². The van der Waals surface area contributed by atoms with Crippen LogP contribution in [0.25, 0.3) is 0 Å². The van der Waals surface area contributed by atoms with Crippen LogP contribution in [0, 0.1) is 19.7 Å². The molecule has 1 aromatic carbocycles. The molecule has 0 radical (unpaired) electrons. The van der Waals surface area contributed by atoms with Crippen LogP contribution in [-0.2, 0) is 0 Å². The van der Waals surface area contributed by atoms with Gasteiger partial charge >= 0.3 is 0 Å². The molecule has 0 unspecified atom stereocenters. The monoisotopic (exact) mass is 384 g/mol. The zero-order valence-electron chi connectivity index (χ0n) is 16.4. The maximum Gasteiger partial charge on any atom is 0.296 e. The minimum Gasteiger partial charge on any atom is -0.371 e. The number of fused-ring (bicyclic) bond motifs is 1.